The van der Waals surface area contributed by atoms with Gasteiger partial charge < -0.3 is 11.1 Å². The maximum absolute atomic E-state index is 11.5. The van der Waals surface area contributed by atoms with Crippen molar-refractivity contribution < 1.29 is 4.79 Å². The van der Waals surface area contributed by atoms with Crippen LogP contribution in [0, 0.1) is 6.33 Å². The lowest BCUT2D eigenvalue weighted by molar-refractivity contribution is 0.100. The van der Waals surface area contributed by atoms with E-state index in [9.17, 15) is 4.79 Å². The van der Waals surface area contributed by atoms with Gasteiger partial charge in [-0.1, -0.05) is 42.5 Å². The molecule has 0 saturated carbocycles. The minimum Gasteiger partial charge on any atom is -0.381 e. The number of primary amides is 1. The van der Waals surface area contributed by atoms with Crippen LogP contribution in [0.1, 0.15) is 15.9 Å². The summed E-state index contributed by atoms with van der Waals surface area (Å²) in [5, 5.41) is 7.48. The number of nitrogens with two attached hydrogens (primary N) is 1. The number of carbonyl (C=O) groups excluding carboxylic acids is 1. The molecule has 6 nitrogen and oxygen atoms in total. The van der Waals surface area contributed by atoms with Crippen molar-refractivity contribution in [2.24, 2.45) is 5.73 Å². The molecule has 0 unspecified atom stereocenters. The third-order valence-electron chi connectivity index (χ3n) is 4.16. The molecule has 0 spiro atoms. The van der Waals surface area contributed by atoms with Crippen molar-refractivity contribution >= 4 is 17.2 Å². The van der Waals surface area contributed by atoms with Gasteiger partial charge in [-0.3, -0.25) is 4.79 Å². The molecule has 0 bridgehead atoms. The van der Waals surface area contributed by atoms with Gasteiger partial charge in [0.05, 0.1) is 11.3 Å². The molecule has 2 aromatic heterocycles. The Morgan fingerprint density at radius 2 is 1.81 bits per heavy atom. The molecule has 0 aliphatic rings. The Morgan fingerprint density at radius 3 is 2.54 bits per heavy atom. The fraction of sp³-hybridized carbons (Fsp3) is 0.0500. The Morgan fingerprint density at radius 1 is 1.04 bits per heavy atom. The number of aromatic nitrogens is 3. The normalized spacial score (nSPS) is 10.8. The first-order chi connectivity index (χ1) is 12.7. The zero-order valence-corrected chi connectivity index (χ0v) is 13.9. The number of nitrogens with one attached hydrogen (secondary N) is 1. The Bertz CT molecular complexity index is 1050. The summed E-state index contributed by atoms with van der Waals surface area (Å²) < 4.78 is 1.58. The van der Waals surface area contributed by atoms with E-state index in [0.29, 0.717) is 11.2 Å². The molecule has 0 fully saturated rings. The van der Waals surface area contributed by atoms with E-state index in [0.717, 1.165) is 29.1 Å². The van der Waals surface area contributed by atoms with Gasteiger partial charge in [0.25, 0.3) is 5.91 Å². The molecule has 1 radical (unpaired) electrons. The number of hydrogen-bond acceptors (Lipinski definition) is 4. The molecule has 26 heavy (non-hydrogen) atoms. The summed E-state index contributed by atoms with van der Waals surface area (Å²) in [6.07, 6.45) is 2.54. The Kier molecular flexibility index (Phi) is 4.07. The monoisotopic (exact) mass is 342 g/mol. The van der Waals surface area contributed by atoms with Crippen molar-refractivity contribution in [1.82, 2.24) is 14.6 Å². The average Bonchev–Trinajstić information content (AvgIpc) is 3.16. The van der Waals surface area contributed by atoms with E-state index < -0.39 is 5.91 Å². The van der Waals surface area contributed by atoms with Gasteiger partial charge in [-0.05, 0) is 29.8 Å². The van der Waals surface area contributed by atoms with Gasteiger partial charge in [-0.2, -0.15) is 0 Å². The number of hydrogen-bond donors (Lipinski definition) is 2. The smallest absolute Gasteiger partial charge is 0.252 e. The van der Waals surface area contributed by atoms with E-state index in [-0.39, 0.29) is 0 Å². The summed E-state index contributed by atoms with van der Waals surface area (Å²) in [4.78, 5) is 15.5. The second-order valence-electron chi connectivity index (χ2n) is 5.86. The lowest BCUT2D eigenvalue weighted by Gasteiger charge is -2.09. The van der Waals surface area contributed by atoms with Crippen molar-refractivity contribution in [3.63, 3.8) is 0 Å². The third kappa shape index (κ3) is 3.00. The zero-order valence-electron chi connectivity index (χ0n) is 13.9. The standard InChI is InChI=1S/C20H16N5O/c21-19(26)17-10-11-18(25-20(17)23-13-24-25)15-8-6-14(7-9-15)12-22-16-4-2-1-3-5-16/h1-11,22H,12H2,(H2,21,26). The van der Waals surface area contributed by atoms with E-state index in [1.807, 2.05) is 48.5 Å². The Labute approximate surface area is 150 Å². The molecule has 4 aromatic rings. The highest BCUT2D eigenvalue weighted by Crippen LogP contribution is 2.22. The van der Waals surface area contributed by atoms with E-state index in [4.69, 9.17) is 5.73 Å². The number of rotatable bonds is 5. The van der Waals surface area contributed by atoms with Crippen LogP contribution >= 0.6 is 0 Å². The molecule has 0 atom stereocenters. The van der Waals surface area contributed by atoms with E-state index in [1.54, 1.807) is 10.6 Å². The molecule has 0 aliphatic heterocycles. The summed E-state index contributed by atoms with van der Waals surface area (Å²) in [6, 6.07) is 21.7. The molecule has 127 valence electrons. The van der Waals surface area contributed by atoms with Crippen LogP contribution in [0.15, 0.2) is 66.7 Å². The molecule has 0 aliphatic carbocycles. The molecule has 2 heterocycles. The summed E-state index contributed by atoms with van der Waals surface area (Å²) >= 11 is 0. The highest BCUT2D eigenvalue weighted by Gasteiger charge is 2.13. The summed E-state index contributed by atoms with van der Waals surface area (Å²) in [5.41, 5.74) is 10.1. The largest absolute Gasteiger partial charge is 0.381 e. The topological polar surface area (TPSA) is 85.3 Å². The molecule has 4 rings (SSSR count). The van der Waals surface area contributed by atoms with Crippen LogP contribution in [0.5, 0.6) is 0 Å². The summed E-state index contributed by atoms with van der Waals surface area (Å²) in [6.45, 7) is 0.734. The Balaban J connectivity index is 1.59. The van der Waals surface area contributed by atoms with E-state index in [1.165, 1.54) is 0 Å². The number of amides is 1. The van der Waals surface area contributed by atoms with Crippen molar-refractivity contribution in [2.75, 3.05) is 5.32 Å². The zero-order chi connectivity index (χ0) is 17.9. The number of para-hydroxylation sites is 1. The SMILES string of the molecule is NC(=O)c1ccc(-c2ccc(CNc3ccccc3)cc2)n2n[c]nc12. The lowest BCUT2D eigenvalue weighted by atomic mass is 10.1. The van der Waals surface area contributed by atoms with Crippen LogP contribution in [0.25, 0.3) is 16.9 Å². The van der Waals surface area contributed by atoms with Crippen LogP contribution in [0.2, 0.25) is 0 Å². The molecule has 2 aromatic carbocycles. The fourth-order valence-corrected chi connectivity index (χ4v) is 2.82. The van der Waals surface area contributed by atoms with Gasteiger partial charge in [0.1, 0.15) is 0 Å². The maximum Gasteiger partial charge on any atom is 0.252 e. The van der Waals surface area contributed by atoms with E-state index in [2.05, 4.69) is 33.9 Å². The second-order valence-corrected chi connectivity index (χ2v) is 5.86. The van der Waals surface area contributed by atoms with Gasteiger partial charge >= 0.3 is 0 Å². The van der Waals surface area contributed by atoms with Crippen LogP contribution in [0.3, 0.4) is 0 Å². The van der Waals surface area contributed by atoms with Gasteiger partial charge in [0.2, 0.25) is 6.33 Å². The third-order valence-corrected chi connectivity index (χ3v) is 4.16. The van der Waals surface area contributed by atoms with Crippen LogP contribution in [-0.4, -0.2) is 20.5 Å². The van der Waals surface area contributed by atoms with Gasteiger partial charge in [-0.25, -0.2) is 9.50 Å². The van der Waals surface area contributed by atoms with Crippen LogP contribution < -0.4 is 11.1 Å². The lowest BCUT2D eigenvalue weighted by Crippen LogP contribution is -2.13. The first-order valence-corrected chi connectivity index (χ1v) is 8.16. The number of fused-ring (bicyclic) bond motifs is 1. The molecule has 0 saturated heterocycles. The highest BCUT2D eigenvalue weighted by molar-refractivity contribution is 5.99. The van der Waals surface area contributed by atoms with Crippen molar-refractivity contribution in [3.05, 3.63) is 84.2 Å². The number of nitrogens with zero attached hydrogens (tertiary/aromatic N) is 3. The van der Waals surface area contributed by atoms with Gasteiger partial charge in [-0.15, -0.1) is 5.10 Å². The summed E-state index contributed by atoms with van der Waals surface area (Å²) in [7, 11) is 0. The Hall–Kier alpha value is -3.67. The van der Waals surface area contributed by atoms with Crippen molar-refractivity contribution in [1.29, 1.82) is 0 Å². The molecule has 3 N–H and O–H groups in total. The van der Waals surface area contributed by atoms with Gasteiger partial charge in [0, 0.05) is 17.8 Å². The first-order valence-electron chi connectivity index (χ1n) is 8.16. The predicted octanol–water partition coefficient (Wildman–Crippen LogP) is 2.91. The minimum absolute atomic E-state index is 0.325. The van der Waals surface area contributed by atoms with Gasteiger partial charge in [0.15, 0.2) is 5.65 Å². The average molecular weight is 342 g/mol. The van der Waals surface area contributed by atoms with Crippen LogP contribution in [0.4, 0.5) is 5.69 Å². The van der Waals surface area contributed by atoms with Crippen LogP contribution in [-0.2, 0) is 6.54 Å². The number of carbonyl (C=O) groups is 1. The quantitative estimate of drug-likeness (QED) is 0.584. The van der Waals surface area contributed by atoms with E-state index >= 15 is 0 Å². The highest BCUT2D eigenvalue weighted by atomic mass is 16.1. The minimum atomic E-state index is -0.537. The predicted molar refractivity (Wildman–Crippen MR) is 99.5 cm³/mol. The fourth-order valence-electron chi connectivity index (χ4n) is 2.82. The number of anilines is 1. The molecule has 6 heteroatoms. The number of pyridine rings is 1. The molecular formula is C20H16N5O. The number of benzene rings is 2. The van der Waals surface area contributed by atoms with Crippen molar-refractivity contribution in [3.8, 4) is 11.3 Å². The molecule has 1 amide bonds. The molecular weight excluding hydrogens is 326 g/mol. The maximum atomic E-state index is 11.5. The first kappa shape index (κ1) is 15.8. The summed E-state index contributed by atoms with van der Waals surface area (Å²) in [5.74, 6) is -0.537. The van der Waals surface area contributed by atoms with Crippen molar-refractivity contribution in [2.45, 2.75) is 6.54 Å². The second kappa shape index (κ2) is 6.68.